The fourth-order valence-corrected chi connectivity index (χ4v) is 3.47. The molecule has 1 aliphatic rings. The van der Waals surface area contributed by atoms with E-state index in [9.17, 15) is 4.79 Å². The average Bonchev–Trinajstić information content (AvgIpc) is 3.17. The number of hydrogen-bond donors (Lipinski definition) is 1. The monoisotopic (exact) mass is 378 g/mol. The number of rotatable bonds is 6. The molecule has 1 saturated heterocycles. The van der Waals surface area contributed by atoms with Gasteiger partial charge in [-0.2, -0.15) is 0 Å². The summed E-state index contributed by atoms with van der Waals surface area (Å²) in [5, 5.41) is 3.28. The summed E-state index contributed by atoms with van der Waals surface area (Å²) >= 11 is 0. The van der Waals surface area contributed by atoms with Crippen molar-refractivity contribution >= 4 is 11.9 Å². The Morgan fingerprint density at radius 2 is 1.71 bits per heavy atom. The summed E-state index contributed by atoms with van der Waals surface area (Å²) < 4.78 is 0. The molecule has 1 unspecified atom stereocenters. The van der Waals surface area contributed by atoms with Crippen LogP contribution >= 0.6 is 0 Å². The maximum absolute atomic E-state index is 12.0. The highest BCUT2D eigenvalue weighted by atomic mass is 16.2. The zero-order valence-electron chi connectivity index (χ0n) is 16.8. The lowest BCUT2D eigenvalue weighted by atomic mass is 9.99. The summed E-state index contributed by atoms with van der Waals surface area (Å²) in [5.41, 5.74) is 2.55. The van der Waals surface area contributed by atoms with Crippen LogP contribution in [0.1, 0.15) is 17.5 Å². The van der Waals surface area contributed by atoms with Gasteiger partial charge in [0.1, 0.15) is 0 Å². The zero-order chi connectivity index (χ0) is 19.8. The van der Waals surface area contributed by atoms with Gasteiger partial charge in [0.2, 0.25) is 5.91 Å². The van der Waals surface area contributed by atoms with Crippen LogP contribution in [0.4, 0.5) is 0 Å². The Balaban J connectivity index is 1.64. The minimum atomic E-state index is 0.0486. The SMILES string of the molecule is CN(C)C(=O)CNC(=NCc1ccccc1)N1CCC(Cc2ccccc2)C1. The van der Waals surface area contributed by atoms with Gasteiger partial charge in [0, 0.05) is 27.2 Å². The van der Waals surface area contributed by atoms with Crippen molar-refractivity contribution in [3.63, 3.8) is 0 Å². The summed E-state index contributed by atoms with van der Waals surface area (Å²) in [5.74, 6) is 1.48. The highest BCUT2D eigenvalue weighted by molar-refractivity contribution is 5.86. The van der Waals surface area contributed by atoms with E-state index in [4.69, 9.17) is 4.99 Å². The number of amides is 1. The number of likely N-dealkylation sites (N-methyl/N-ethyl adjacent to an activating group) is 1. The number of carbonyl (C=O) groups excluding carboxylic acids is 1. The Kier molecular flexibility index (Phi) is 7.06. The average molecular weight is 379 g/mol. The summed E-state index contributed by atoms with van der Waals surface area (Å²) in [6.45, 7) is 2.81. The Bertz CT molecular complexity index is 774. The predicted molar refractivity (Wildman–Crippen MR) is 114 cm³/mol. The number of aliphatic imine (C=N–C) groups is 1. The van der Waals surface area contributed by atoms with Gasteiger partial charge >= 0.3 is 0 Å². The van der Waals surface area contributed by atoms with Gasteiger partial charge in [-0.1, -0.05) is 60.7 Å². The molecule has 2 aromatic rings. The van der Waals surface area contributed by atoms with Gasteiger partial charge in [-0.3, -0.25) is 4.79 Å². The molecule has 0 aliphatic carbocycles. The first-order valence-corrected chi connectivity index (χ1v) is 9.93. The van der Waals surface area contributed by atoms with Crippen LogP contribution in [0.5, 0.6) is 0 Å². The highest BCUT2D eigenvalue weighted by Gasteiger charge is 2.25. The van der Waals surface area contributed by atoms with Crippen LogP contribution in [0.25, 0.3) is 0 Å². The van der Waals surface area contributed by atoms with Crippen LogP contribution in [0, 0.1) is 5.92 Å². The quantitative estimate of drug-likeness (QED) is 0.621. The molecule has 148 valence electrons. The molecule has 0 radical (unpaired) electrons. The van der Waals surface area contributed by atoms with Crippen LogP contribution in [0.3, 0.4) is 0 Å². The molecule has 2 aromatic carbocycles. The summed E-state index contributed by atoms with van der Waals surface area (Å²) in [7, 11) is 3.55. The molecule has 28 heavy (non-hydrogen) atoms. The topological polar surface area (TPSA) is 47.9 Å². The molecular weight excluding hydrogens is 348 g/mol. The second kappa shape index (κ2) is 9.93. The first-order valence-electron chi connectivity index (χ1n) is 9.93. The van der Waals surface area contributed by atoms with Crippen molar-refractivity contribution in [2.45, 2.75) is 19.4 Å². The first kappa shape index (κ1) is 19.9. The maximum Gasteiger partial charge on any atom is 0.241 e. The third kappa shape index (κ3) is 5.84. The normalized spacial score (nSPS) is 16.9. The molecule has 1 amide bonds. The number of nitrogens with one attached hydrogen (secondary N) is 1. The number of benzene rings is 2. The van der Waals surface area contributed by atoms with E-state index in [1.54, 1.807) is 19.0 Å². The Labute approximate surface area is 168 Å². The molecule has 5 nitrogen and oxygen atoms in total. The molecule has 3 rings (SSSR count). The van der Waals surface area contributed by atoms with Gasteiger partial charge in [-0.05, 0) is 29.9 Å². The largest absolute Gasteiger partial charge is 0.347 e. The smallest absolute Gasteiger partial charge is 0.241 e. The van der Waals surface area contributed by atoms with E-state index in [1.807, 2.05) is 18.2 Å². The molecule has 1 N–H and O–H groups in total. The molecule has 5 heteroatoms. The standard InChI is InChI=1S/C23H30N4O/c1-26(2)22(28)17-25-23(24-16-20-11-7-4-8-12-20)27-14-13-21(18-27)15-19-9-5-3-6-10-19/h3-12,21H,13-18H2,1-2H3,(H,24,25). The molecular formula is C23H30N4O. The van der Waals surface area contributed by atoms with Crippen LogP contribution in [-0.4, -0.2) is 55.4 Å². The number of likely N-dealkylation sites (tertiary alicyclic amines) is 1. The summed E-state index contributed by atoms with van der Waals surface area (Å²) in [6, 6.07) is 20.9. The molecule has 1 fully saturated rings. The molecule has 0 spiro atoms. The number of carbonyl (C=O) groups is 1. The Hall–Kier alpha value is -2.82. The molecule has 1 atom stereocenters. The third-order valence-corrected chi connectivity index (χ3v) is 5.10. The zero-order valence-corrected chi connectivity index (χ0v) is 16.8. The van der Waals surface area contributed by atoms with Gasteiger partial charge in [-0.25, -0.2) is 4.99 Å². The minimum Gasteiger partial charge on any atom is -0.347 e. The minimum absolute atomic E-state index is 0.0486. The van der Waals surface area contributed by atoms with E-state index < -0.39 is 0 Å². The van der Waals surface area contributed by atoms with Crippen molar-refractivity contribution < 1.29 is 4.79 Å². The molecule has 1 heterocycles. The predicted octanol–water partition coefficient (Wildman–Crippen LogP) is 2.79. The number of nitrogens with zero attached hydrogens (tertiary/aromatic N) is 3. The van der Waals surface area contributed by atoms with Crippen molar-refractivity contribution in [1.29, 1.82) is 0 Å². The van der Waals surface area contributed by atoms with Crippen molar-refractivity contribution in [2.24, 2.45) is 10.9 Å². The highest BCUT2D eigenvalue weighted by Crippen LogP contribution is 2.21. The second-order valence-electron chi connectivity index (χ2n) is 7.56. The van der Waals surface area contributed by atoms with Crippen LogP contribution in [-0.2, 0) is 17.8 Å². The van der Waals surface area contributed by atoms with Gasteiger partial charge in [0.15, 0.2) is 5.96 Å². The van der Waals surface area contributed by atoms with E-state index in [0.29, 0.717) is 12.5 Å². The van der Waals surface area contributed by atoms with Gasteiger partial charge < -0.3 is 15.1 Å². The number of guanidine groups is 1. The van der Waals surface area contributed by atoms with E-state index >= 15 is 0 Å². The van der Waals surface area contributed by atoms with Crippen LogP contribution < -0.4 is 5.32 Å². The lowest BCUT2D eigenvalue weighted by Crippen LogP contribution is -2.44. The van der Waals surface area contributed by atoms with Crippen LogP contribution in [0.15, 0.2) is 65.7 Å². The second-order valence-corrected chi connectivity index (χ2v) is 7.56. The lowest BCUT2D eigenvalue weighted by molar-refractivity contribution is -0.127. The van der Waals surface area contributed by atoms with Crippen LogP contribution in [0.2, 0.25) is 0 Å². The van der Waals surface area contributed by atoms with E-state index in [2.05, 4.69) is 52.7 Å². The summed E-state index contributed by atoms with van der Waals surface area (Å²) in [6.07, 6.45) is 2.22. The van der Waals surface area contributed by atoms with Crippen molar-refractivity contribution in [2.75, 3.05) is 33.7 Å². The van der Waals surface area contributed by atoms with Gasteiger partial charge in [0.25, 0.3) is 0 Å². The fourth-order valence-electron chi connectivity index (χ4n) is 3.47. The molecule has 0 bridgehead atoms. The van der Waals surface area contributed by atoms with Crippen molar-refractivity contribution in [3.8, 4) is 0 Å². The Morgan fingerprint density at radius 3 is 2.36 bits per heavy atom. The van der Waals surface area contributed by atoms with Crippen molar-refractivity contribution in [1.82, 2.24) is 15.1 Å². The maximum atomic E-state index is 12.0. The Morgan fingerprint density at radius 1 is 1.07 bits per heavy atom. The van der Waals surface area contributed by atoms with Gasteiger partial charge in [-0.15, -0.1) is 0 Å². The molecule has 1 aliphatic heterocycles. The van der Waals surface area contributed by atoms with E-state index in [0.717, 1.165) is 31.9 Å². The van der Waals surface area contributed by atoms with E-state index in [1.165, 1.54) is 11.1 Å². The molecule has 0 aromatic heterocycles. The van der Waals surface area contributed by atoms with Gasteiger partial charge in [0.05, 0.1) is 13.1 Å². The fraction of sp³-hybridized carbons (Fsp3) is 0.391. The lowest BCUT2D eigenvalue weighted by Gasteiger charge is -2.23. The molecule has 0 saturated carbocycles. The first-order chi connectivity index (χ1) is 13.6. The number of hydrogen-bond acceptors (Lipinski definition) is 2. The third-order valence-electron chi connectivity index (χ3n) is 5.10. The van der Waals surface area contributed by atoms with E-state index in [-0.39, 0.29) is 12.5 Å². The summed E-state index contributed by atoms with van der Waals surface area (Å²) in [4.78, 5) is 20.7. The van der Waals surface area contributed by atoms with Crippen molar-refractivity contribution in [3.05, 3.63) is 71.8 Å².